The van der Waals surface area contributed by atoms with Crippen LogP contribution in [0, 0.1) is 13.8 Å². The van der Waals surface area contributed by atoms with Crippen molar-refractivity contribution < 1.29 is 9.53 Å². The van der Waals surface area contributed by atoms with E-state index in [1.807, 2.05) is 6.07 Å². The molecular weight excluding hydrogens is 256 g/mol. The molecule has 1 aromatic carbocycles. The van der Waals surface area contributed by atoms with Gasteiger partial charge in [-0.2, -0.15) is 0 Å². The summed E-state index contributed by atoms with van der Waals surface area (Å²) in [4.78, 5) is 28.0. The summed E-state index contributed by atoms with van der Waals surface area (Å²) in [6.45, 7) is 3.85. The number of aromatic nitrogens is 2. The Morgan fingerprint density at radius 2 is 2.00 bits per heavy atom. The minimum atomic E-state index is -0.411. The van der Waals surface area contributed by atoms with Gasteiger partial charge < -0.3 is 4.74 Å². The zero-order valence-electron chi connectivity index (χ0n) is 11.7. The number of rotatable bonds is 3. The lowest BCUT2D eigenvalue weighted by Crippen LogP contribution is -2.25. The number of carbonyl (C=O) groups excluding carboxylic acids is 1. The highest BCUT2D eigenvalue weighted by Gasteiger charge is 2.13. The van der Waals surface area contributed by atoms with Crippen LogP contribution >= 0.6 is 0 Å². The predicted molar refractivity (Wildman–Crippen MR) is 74.9 cm³/mol. The van der Waals surface area contributed by atoms with Gasteiger partial charge in [0.25, 0.3) is 5.56 Å². The Morgan fingerprint density at radius 3 is 2.65 bits per heavy atom. The van der Waals surface area contributed by atoms with Crippen molar-refractivity contribution in [2.75, 3.05) is 7.11 Å². The lowest BCUT2D eigenvalue weighted by atomic mass is 10.1. The van der Waals surface area contributed by atoms with E-state index in [1.54, 1.807) is 32.0 Å². The van der Waals surface area contributed by atoms with E-state index < -0.39 is 5.97 Å². The minimum absolute atomic E-state index is 0.130. The smallest absolute Gasteiger partial charge is 0.338 e. The minimum Gasteiger partial charge on any atom is -0.465 e. The molecule has 0 fully saturated rings. The van der Waals surface area contributed by atoms with Crippen molar-refractivity contribution >= 4 is 5.97 Å². The first-order valence-electron chi connectivity index (χ1n) is 6.24. The van der Waals surface area contributed by atoms with Crippen molar-refractivity contribution in [3.63, 3.8) is 0 Å². The van der Waals surface area contributed by atoms with Crippen molar-refractivity contribution in [1.29, 1.82) is 0 Å². The molecule has 0 radical (unpaired) electrons. The van der Waals surface area contributed by atoms with Crippen molar-refractivity contribution in [1.82, 2.24) is 9.55 Å². The number of hydrogen-bond donors (Lipinski definition) is 0. The summed E-state index contributed by atoms with van der Waals surface area (Å²) in [5, 5.41) is 0. The monoisotopic (exact) mass is 272 g/mol. The van der Waals surface area contributed by atoms with Gasteiger partial charge in [-0.05, 0) is 25.5 Å². The maximum atomic E-state index is 12.0. The summed E-state index contributed by atoms with van der Waals surface area (Å²) in [6.07, 6.45) is 0. The van der Waals surface area contributed by atoms with Gasteiger partial charge in [0.15, 0.2) is 0 Å². The first kappa shape index (κ1) is 14.0. The van der Waals surface area contributed by atoms with Crippen molar-refractivity contribution in [3.8, 4) is 0 Å². The lowest BCUT2D eigenvalue weighted by molar-refractivity contribution is 0.0599. The number of methoxy groups -OCH3 is 1. The molecule has 0 N–H and O–H groups in total. The fourth-order valence-electron chi connectivity index (χ4n) is 2.09. The van der Waals surface area contributed by atoms with Crippen LogP contribution in [0.3, 0.4) is 0 Å². The van der Waals surface area contributed by atoms with Crippen molar-refractivity contribution in [3.05, 3.63) is 63.3 Å². The first-order chi connectivity index (χ1) is 9.52. The molecule has 0 saturated heterocycles. The summed E-state index contributed by atoms with van der Waals surface area (Å²) in [7, 11) is 1.34. The highest BCUT2D eigenvalue weighted by molar-refractivity contribution is 5.90. The zero-order chi connectivity index (χ0) is 14.7. The van der Waals surface area contributed by atoms with Gasteiger partial charge >= 0.3 is 5.97 Å². The summed E-state index contributed by atoms with van der Waals surface area (Å²) >= 11 is 0. The second kappa shape index (κ2) is 5.69. The Morgan fingerprint density at radius 1 is 1.30 bits per heavy atom. The number of aryl methyl sites for hydroxylation is 2. The van der Waals surface area contributed by atoms with E-state index in [2.05, 4.69) is 4.98 Å². The largest absolute Gasteiger partial charge is 0.465 e. The third-order valence-electron chi connectivity index (χ3n) is 3.08. The van der Waals surface area contributed by atoms with Crippen LogP contribution in [-0.2, 0) is 11.3 Å². The van der Waals surface area contributed by atoms with E-state index in [4.69, 9.17) is 4.74 Å². The predicted octanol–water partition coefficient (Wildman–Crippen LogP) is 1.70. The van der Waals surface area contributed by atoms with Gasteiger partial charge in [0.2, 0.25) is 0 Å². The molecule has 104 valence electrons. The Balaban J connectivity index is 2.46. The summed E-state index contributed by atoms with van der Waals surface area (Å²) in [5.74, 6) is 0.209. The fraction of sp³-hybridized carbons (Fsp3) is 0.267. The molecular formula is C15H16N2O3. The van der Waals surface area contributed by atoms with Crippen molar-refractivity contribution in [2.24, 2.45) is 0 Å². The average Bonchev–Trinajstić information content (AvgIpc) is 2.42. The molecule has 2 aromatic rings. The molecule has 5 heteroatoms. The van der Waals surface area contributed by atoms with Crippen LogP contribution in [0.2, 0.25) is 0 Å². The van der Waals surface area contributed by atoms with Crippen LogP contribution in [-0.4, -0.2) is 22.6 Å². The molecule has 1 heterocycles. The van der Waals surface area contributed by atoms with E-state index in [0.717, 1.165) is 5.56 Å². The Kier molecular flexibility index (Phi) is 3.98. The van der Waals surface area contributed by atoms with E-state index in [1.165, 1.54) is 17.7 Å². The van der Waals surface area contributed by atoms with Crippen LogP contribution in [0.5, 0.6) is 0 Å². The van der Waals surface area contributed by atoms with E-state index in [-0.39, 0.29) is 5.56 Å². The van der Waals surface area contributed by atoms with Crippen LogP contribution in [0.1, 0.15) is 27.4 Å². The molecule has 20 heavy (non-hydrogen) atoms. The molecule has 2 rings (SSSR count). The topological polar surface area (TPSA) is 61.2 Å². The highest BCUT2D eigenvalue weighted by atomic mass is 16.5. The van der Waals surface area contributed by atoms with Gasteiger partial charge in [0, 0.05) is 11.8 Å². The molecule has 0 atom stereocenters. The highest BCUT2D eigenvalue weighted by Crippen LogP contribution is 2.12. The fourth-order valence-corrected chi connectivity index (χ4v) is 2.09. The van der Waals surface area contributed by atoms with Gasteiger partial charge in [0.05, 0.1) is 19.2 Å². The Labute approximate surface area is 116 Å². The molecule has 0 aliphatic heterocycles. The average molecular weight is 272 g/mol. The molecule has 0 unspecified atom stereocenters. The number of ether oxygens (including phenoxy) is 1. The SMILES string of the molecule is COC(=O)c1ccccc1Cn1c(C)nc(C)cc1=O. The molecule has 0 aliphatic rings. The van der Waals surface area contributed by atoms with Crippen LogP contribution in [0.4, 0.5) is 0 Å². The summed E-state index contributed by atoms with van der Waals surface area (Å²) in [6, 6.07) is 8.55. The van der Waals surface area contributed by atoms with Gasteiger partial charge in [-0.25, -0.2) is 9.78 Å². The third-order valence-corrected chi connectivity index (χ3v) is 3.08. The van der Waals surface area contributed by atoms with Crippen LogP contribution < -0.4 is 5.56 Å². The lowest BCUT2D eigenvalue weighted by Gasteiger charge is -2.12. The first-order valence-corrected chi connectivity index (χ1v) is 6.24. The maximum Gasteiger partial charge on any atom is 0.338 e. The van der Waals surface area contributed by atoms with Crippen LogP contribution in [0.15, 0.2) is 35.1 Å². The van der Waals surface area contributed by atoms with Crippen molar-refractivity contribution in [2.45, 2.75) is 20.4 Å². The number of esters is 1. The van der Waals surface area contributed by atoms with Gasteiger partial charge in [-0.15, -0.1) is 0 Å². The van der Waals surface area contributed by atoms with Gasteiger partial charge in [-0.3, -0.25) is 9.36 Å². The summed E-state index contributed by atoms with van der Waals surface area (Å²) in [5.41, 5.74) is 1.75. The Hall–Kier alpha value is -2.43. The molecule has 0 bridgehead atoms. The second-order valence-corrected chi connectivity index (χ2v) is 4.52. The van der Waals surface area contributed by atoms with E-state index in [9.17, 15) is 9.59 Å². The normalized spacial score (nSPS) is 10.3. The standard InChI is InChI=1S/C15H16N2O3/c1-10-8-14(18)17(11(2)16-10)9-12-6-4-5-7-13(12)15(19)20-3/h4-8H,9H2,1-3H3. The molecule has 0 saturated carbocycles. The molecule has 5 nitrogen and oxygen atoms in total. The maximum absolute atomic E-state index is 12.0. The second-order valence-electron chi connectivity index (χ2n) is 4.52. The summed E-state index contributed by atoms with van der Waals surface area (Å²) < 4.78 is 6.29. The number of carbonyl (C=O) groups is 1. The van der Waals surface area contributed by atoms with Gasteiger partial charge in [0.1, 0.15) is 5.82 Å². The van der Waals surface area contributed by atoms with Crippen LogP contribution in [0.25, 0.3) is 0 Å². The molecule has 0 amide bonds. The third kappa shape index (κ3) is 2.77. The molecule has 0 aliphatic carbocycles. The Bertz CT molecular complexity index is 705. The quantitative estimate of drug-likeness (QED) is 0.798. The molecule has 0 spiro atoms. The number of hydrogen-bond acceptors (Lipinski definition) is 4. The van der Waals surface area contributed by atoms with E-state index in [0.29, 0.717) is 23.6 Å². The molecule has 1 aromatic heterocycles. The van der Waals surface area contributed by atoms with E-state index >= 15 is 0 Å². The number of benzene rings is 1. The zero-order valence-corrected chi connectivity index (χ0v) is 11.7. The van der Waals surface area contributed by atoms with Gasteiger partial charge in [-0.1, -0.05) is 18.2 Å². The number of nitrogens with zero attached hydrogens (tertiary/aromatic N) is 2.